The van der Waals surface area contributed by atoms with Crippen molar-refractivity contribution >= 4 is 11.6 Å². The van der Waals surface area contributed by atoms with Crippen LogP contribution in [-0.4, -0.2) is 52.3 Å². The van der Waals surface area contributed by atoms with Gasteiger partial charge in [-0.3, -0.25) is 4.79 Å². The molecule has 0 radical (unpaired) electrons. The zero-order valence-electron chi connectivity index (χ0n) is 12.7. The monoisotopic (exact) mass is 291 g/mol. The first-order chi connectivity index (χ1) is 10.3. The van der Waals surface area contributed by atoms with Gasteiger partial charge in [0.25, 0.3) is 0 Å². The molecule has 1 aliphatic heterocycles. The molecule has 0 fully saturated rings. The third kappa shape index (κ3) is 5.02. The number of anilines is 1. The minimum Gasteiger partial charge on any atom is -0.383 e. The molecule has 1 aliphatic rings. The van der Waals surface area contributed by atoms with Crippen molar-refractivity contribution in [2.45, 2.75) is 12.8 Å². The molecule has 0 bridgehead atoms. The SMILES string of the molecule is COCCNCC(=O)NCCCN1CCc2ccccc21. The van der Waals surface area contributed by atoms with Crippen molar-refractivity contribution < 1.29 is 9.53 Å². The summed E-state index contributed by atoms with van der Waals surface area (Å²) in [7, 11) is 1.65. The molecule has 116 valence electrons. The third-order valence-electron chi connectivity index (χ3n) is 3.68. The van der Waals surface area contributed by atoms with Gasteiger partial charge >= 0.3 is 0 Å². The Balaban J connectivity index is 1.57. The van der Waals surface area contributed by atoms with Crippen LogP contribution in [0.3, 0.4) is 0 Å². The first-order valence-electron chi connectivity index (χ1n) is 7.60. The van der Waals surface area contributed by atoms with Crippen LogP contribution in [0.25, 0.3) is 0 Å². The number of para-hydroxylation sites is 1. The fourth-order valence-corrected chi connectivity index (χ4v) is 2.58. The highest BCUT2D eigenvalue weighted by atomic mass is 16.5. The van der Waals surface area contributed by atoms with E-state index in [1.165, 1.54) is 11.3 Å². The normalized spacial score (nSPS) is 13.3. The van der Waals surface area contributed by atoms with Crippen LogP contribution in [0.4, 0.5) is 5.69 Å². The van der Waals surface area contributed by atoms with Crippen molar-refractivity contribution in [3.05, 3.63) is 29.8 Å². The number of benzene rings is 1. The number of amides is 1. The Bertz CT molecular complexity index is 451. The Kier molecular flexibility index (Phi) is 6.50. The highest BCUT2D eigenvalue weighted by Gasteiger charge is 2.17. The van der Waals surface area contributed by atoms with Crippen LogP contribution in [0, 0.1) is 0 Å². The summed E-state index contributed by atoms with van der Waals surface area (Å²) in [5.74, 6) is 0.0490. The maximum Gasteiger partial charge on any atom is 0.233 e. The lowest BCUT2D eigenvalue weighted by atomic mass is 10.2. The van der Waals surface area contributed by atoms with Crippen LogP contribution in [0.2, 0.25) is 0 Å². The Morgan fingerprint density at radius 1 is 1.33 bits per heavy atom. The van der Waals surface area contributed by atoms with Crippen LogP contribution in [0.1, 0.15) is 12.0 Å². The number of hydrogen-bond donors (Lipinski definition) is 2. The van der Waals surface area contributed by atoms with Gasteiger partial charge in [0.1, 0.15) is 0 Å². The van der Waals surface area contributed by atoms with Gasteiger partial charge in [0, 0.05) is 39.0 Å². The molecule has 2 rings (SSSR count). The topological polar surface area (TPSA) is 53.6 Å². The van der Waals surface area contributed by atoms with Crippen molar-refractivity contribution in [2.24, 2.45) is 0 Å². The number of carbonyl (C=O) groups excluding carboxylic acids is 1. The summed E-state index contributed by atoms with van der Waals surface area (Å²) >= 11 is 0. The first kappa shape index (κ1) is 15.8. The molecule has 2 N–H and O–H groups in total. The summed E-state index contributed by atoms with van der Waals surface area (Å²) in [6, 6.07) is 8.56. The number of hydrogen-bond acceptors (Lipinski definition) is 4. The summed E-state index contributed by atoms with van der Waals surface area (Å²) < 4.78 is 4.91. The third-order valence-corrected chi connectivity index (χ3v) is 3.68. The number of fused-ring (bicyclic) bond motifs is 1. The summed E-state index contributed by atoms with van der Waals surface area (Å²) in [6.07, 6.45) is 2.10. The lowest BCUT2D eigenvalue weighted by Crippen LogP contribution is -2.36. The van der Waals surface area contributed by atoms with E-state index in [1.807, 2.05) is 0 Å². The molecule has 1 heterocycles. The molecule has 1 amide bonds. The Morgan fingerprint density at radius 2 is 2.19 bits per heavy atom. The molecule has 0 spiro atoms. The minimum atomic E-state index is 0.0490. The van der Waals surface area contributed by atoms with Crippen LogP contribution in [0.15, 0.2) is 24.3 Å². The van der Waals surface area contributed by atoms with E-state index in [-0.39, 0.29) is 5.91 Å². The molecule has 21 heavy (non-hydrogen) atoms. The lowest BCUT2D eigenvalue weighted by molar-refractivity contribution is -0.120. The van der Waals surface area contributed by atoms with Crippen molar-refractivity contribution in [2.75, 3.05) is 51.3 Å². The number of nitrogens with one attached hydrogen (secondary N) is 2. The van der Waals surface area contributed by atoms with Crippen molar-refractivity contribution in [3.63, 3.8) is 0 Å². The number of ether oxygens (including phenoxy) is 1. The second-order valence-electron chi connectivity index (χ2n) is 5.24. The number of nitrogens with zero attached hydrogens (tertiary/aromatic N) is 1. The molecule has 0 aliphatic carbocycles. The van der Waals surface area contributed by atoms with E-state index in [1.54, 1.807) is 7.11 Å². The molecular weight excluding hydrogens is 266 g/mol. The van der Waals surface area contributed by atoms with E-state index < -0.39 is 0 Å². The average molecular weight is 291 g/mol. The summed E-state index contributed by atoms with van der Waals surface area (Å²) in [5.41, 5.74) is 2.79. The summed E-state index contributed by atoms with van der Waals surface area (Å²) in [4.78, 5) is 14.0. The standard InChI is InChI=1S/C16H25N3O2/c1-21-12-9-17-13-16(20)18-8-4-10-19-11-7-14-5-2-3-6-15(14)19/h2-3,5-6,17H,4,7-13H2,1H3,(H,18,20). The van der Waals surface area contributed by atoms with Gasteiger partial charge in [-0.1, -0.05) is 18.2 Å². The van der Waals surface area contributed by atoms with E-state index in [0.717, 1.165) is 32.5 Å². The van der Waals surface area contributed by atoms with E-state index in [2.05, 4.69) is 39.8 Å². The van der Waals surface area contributed by atoms with E-state index in [9.17, 15) is 4.79 Å². The van der Waals surface area contributed by atoms with Gasteiger partial charge in [-0.2, -0.15) is 0 Å². The van der Waals surface area contributed by atoms with E-state index >= 15 is 0 Å². The molecular formula is C16H25N3O2. The molecule has 5 heteroatoms. The molecule has 1 aromatic carbocycles. The maximum absolute atomic E-state index is 11.6. The van der Waals surface area contributed by atoms with Gasteiger partial charge in [-0.25, -0.2) is 0 Å². The predicted octanol–water partition coefficient (Wildman–Crippen LogP) is 0.791. The Hall–Kier alpha value is -1.59. The molecule has 0 aromatic heterocycles. The Labute approximate surface area is 126 Å². The fourth-order valence-electron chi connectivity index (χ4n) is 2.58. The first-order valence-corrected chi connectivity index (χ1v) is 7.60. The maximum atomic E-state index is 11.6. The molecule has 1 aromatic rings. The summed E-state index contributed by atoms with van der Waals surface area (Å²) in [5, 5.41) is 5.97. The van der Waals surface area contributed by atoms with Crippen molar-refractivity contribution in [3.8, 4) is 0 Å². The Morgan fingerprint density at radius 3 is 3.05 bits per heavy atom. The zero-order valence-corrected chi connectivity index (χ0v) is 12.7. The van der Waals surface area contributed by atoms with Gasteiger partial charge in [-0.05, 0) is 24.5 Å². The molecule has 0 atom stereocenters. The second-order valence-corrected chi connectivity index (χ2v) is 5.24. The van der Waals surface area contributed by atoms with Crippen LogP contribution < -0.4 is 15.5 Å². The lowest BCUT2D eigenvalue weighted by Gasteiger charge is -2.19. The number of carbonyl (C=O) groups is 1. The van der Waals surface area contributed by atoms with E-state index in [0.29, 0.717) is 19.7 Å². The highest BCUT2D eigenvalue weighted by molar-refractivity contribution is 5.77. The summed E-state index contributed by atoms with van der Waals surface area (Å²) in [6.45, 7) is 4.50. The number of rotatable bonds is 9. The second kappa shape index (κ2) is 8.64. The molecule has 5 nitrogen and oxygen atoms in total. The highest BCUT2D eigenvalue weighted by Crippen LogP contribution is 2.27. The van der Waals surface area contributed by atoms with Gasteiger partial charge < -0.3 is 20.3 Å². The van der Waals surface area contributed by atoms with Gasteiger partial charge in [-0.15, -0.1) is 0 Å². The minimum absolute atomic E-state index is 0.0490. The van der Waals surface area contributed by atoms with Crippen LogP contribution in [-0.2, 0) is 16.0 Å². The van der Waals surface area contributed by atoms with Gasteiger partial charge in [0.2, 0.25) is 5.91 Å². The zero-order chi connectivity index (χ0) is 14.9. The van der Waals surface area contributed by atoms with Gasteiger partial charge in [0.15, 0.2) is 0 Å². The quantitative estimate of drug-likeness (QED) is 0.661. The predicted molar refractivity (Wildman–Crippen MR) is 84.7 cm³/mol. The van der Waals surface area contributed by atoms with Gasteiger partial charge in [0.05, 0.1) is 13.2 Å². The average Bonchev–Trinajstić information content (AvgIpc) is 2.91. The van der Waals surface area contributed by atoms with Crippen molar-refractivity contribution in [1.82, 2.24) is 10.6 Å². The number of methoxy groups -OCH3 is 1. The van der Waals surface area contributed by atoms with Crippen LogP contribution in [0.5, 0.6) is 0 Å². The smallest absolute Gasteiger partial charge is 0.233 e. The largest absolute Gasteiger partial charge is 0.383 e. The van der Waals surface area contributed by atoms with Crippen LogP contribution >= 0.6 is 0 Å². The fraction of sp³-hybridized carbons (Fsp3) is 0.562. The molecule has 0 saturated heterocycles. The molecule has 0 saturated carbocycles. The molecule has 0 unspecified atom stereocenters. The van der Waals surface area contributed by atoms with Crippen molar-refractivity contribution in [1.29, 1.82) is 0 Å². The van der Waals surface area contributed by atoms with E-state index in [4.69, 9.17) is 4.74 Å².